The van der Waals surface area contributed by atoms with Crippen LogP contribution in [0.25, 0.3) is 0 Å². The quantitative estimate of drug-likeness (QED) is 0.867. The van der Waals surface area contributed by atoms with E-state index in [1.165, 1.54) is 0 Å². The number of anilines is 1. The van der Waals surface area contributed by atoms with E-state index in [0.29, 0.717) is 11.4 Å². The van der Waals surface area contributed by atoms with Crippen molar-refractivity contribution in [2.24, 2.45) is 0 Å². The minimum atomic E-state index is -3.48. The highest BCUT2D eigenvalue weighted by molar-refractivity contribution is 7.89. The molecule has 0 saturated carbocycles. The highest BCUT2D eigenvalue weighted by Gasteiger charge is 2.25. The molecule has 0 aliphatic carbocycles. The second kappa shape index (κ2) is 6.34. The largest absolute Gasteiger partial charge is 0.385 e. The smallest absolute Gasteiger partial charge is 0.241 e. The van der Waals surface area contributed by atoms with E-state index in [9.17, 15) is 8.42 Å². The van der Waals surface area contributed by atoms with Crippen LogP contribution in [0.2, 0.25) is 0 Å². The third-order valence-corrected chi connectivity index (χ3v) is 5.34. The average Bonchev–Trinajstić information content (AvgIpc) is 2.37. The molecule has 0 aromatic heterocycles. The van der Waals surface area contributed by atoms with Crippen LogP contribution in [0.4, 0.5) is 5.69 Å². The minimum absolute atomic E-state index is 0.126. The maximum atomic E-state index is 12.6. The summed E-state index contributed by atoms with van der Waals surface area (Å²) in [4.78, 5) is 2.39. The predicted molar refractivity (Wildman–Crippen MR) is 86.3 cm³/mol. The Balaban J connectivity index is 2.32. The molecule has 118 valence electrons. The molecule has 1 aromatic carbocycles. The van der Waals surface area contributed by atoms with Crippen molar-refractivity contribution in [2.75, 3.05) is 32.5 Å². The second-order valence-corrected chi connectivity index (χ2v) is 7.73. The number of fused-ring (bicyclic) bond motifs is 1. The second-order valence-electron chi connectivity index (χ2n) is 6.05. The summed E-state index contributed by atoms with van der Waals surface area (Å²) in [5, 5.41) is 3.33. The summed E-state index contributed by atoms with van der Waals surface area (Å²) in [6.07, 6.45) is 1.77. The maximum Gasteiger partial charge on any atom is 0.241 e. The zero-order valence-corrected chi connectivity index (χ0v) is 14.0. The van der Waals surface area contributed by atoms with Crippen LogP contribution in [-0.2, 0) is 16.4 Å². The van der Waals surface area contributed by atoms with Crippen LogP contribution < -0.4 is 10.0 Å². The molecule has 1 aliphatic rings. The van der Waals surface area contributed by atoms with E-state index in [2.05, 4.69) is 10.0 Å². The molecular weight excluding hydrogens is 286 g/mol. The van der Waals surface area contributed by atoms with Crippen molar-refractivity contribution in [3.8, 4) is 0 Å². The van der Waals surface area contributed by atoms with Gasteiger partial charge in [-0.15, -0.1) is 0 Å². The van der Waals surface area contributed by atoms with Crippen LogP contribution in [0.5, 0.6) is 0 Å². The third-order valence-electron chi connectivity index (χ3n) is 3.67. The van der Waals surface area contributed by atoms with E-state index in [4.69, 9.17) is 0 Å². The highest BCUT2D eigenvalue weighted by Crippen LogP contribution is 2.31. The van der Waals surface area contributed by atoms with Gasteiger partial charge in [-0.1, -0.05) is 6.07 Å². The van der Waals surface area contributed by atoms with Gasteiger partial charge in [0.05, 0.1) is 4.90 Å². The van der Waals surface area contributed by atoms with Gasteiger partial charge in [-0.05, 0) is 58.0 Å². The number of rotatable bonds is 5. The number of nitrogens with one attached hydrogen (secondary N) is 2. The van der Waals surface area contributed by atoms with Gasteiger partial charge in [0, 0.05) is 24.8 Å². The van der Waals surface area contributed by atoms with E-state index in [1.54, 1.807) is 6.07 Å². The molecule has 1 aromatic rings. The zero-order chi connectivity index (χ0) is 15.6. The van der Waals surface area contributed by atoms with Crippen molar-refractivity contribution in [1.29, 1.82) is 0 Å². The van der Waals surface area contributed by atoms with Crippen molar-refractivity contribution >= 4 is 15.7 Å². The minimum Gasteiger partial charge on any atom is -0.385 e. The molecule has 2 N–H and O–H groups in total. The molecule has 5 nitrogen and oxygen atoms in total. The van der Waals surface area contributed by atoms with Gasteiger partial charge >= 0.3 is 0 Å². The van der Waals surface area contributed by atoms with Crippen LogP contribution in [0.15, 0.2) is 17.0 Å². The Labute approximate surface area is 127 Å². The van der Waals surface area contributed by atoms with Crippen LogP contribution in [0.1, 0.15) is 24.5 Å². The Morgan fingerprint density at radius 1 is 1.38 bits per heavy atom. The van der Waals surface area contributed by atoms with Gasteiger partial charge in [0.2, 0.25) is 10.0 Å². The first-order valence-corrected chi connectivity index (χ1v) is 8.83. The molecule has 0 fully saturated rings. The van der Waals surface area contributed by atoms with Gasteiger partial charge in [0.25, 0.3) is 0 Å². The molecule has 0 amide bonds. The highest BCUT2D eigenvalue weighted by atomic mass is 32.2. The van der Waals surface area contributed by atoms with Crippen LogP contribution in [-0.4, -0.2) is 46.5 Å². The normalized spacial score (nSPS) is 16.4. The molecular formula is C15H25N3O2S. The first-order chi connectivity index (χ1) is 9.81. The van der Waals surface area contributed by atoms with Gasteiger partial charge in [0.1, 0.15) is 0 Å². The van der Waals surface area contributed by atoms with E-state index >= 15 is 0 Å². The Hall–Kier alpha value is -1.11. The summed E-state index contributed by atoms with van der Waals surface area (Å²) >= 11 is 0. The Morgan fingerprint density at radius 3 is 2.76 bits per heavy atom. The lowest BCUT2D eigenvalue weighted by Crippen LogP contribution is -2.40. The Morgan fingerprint density at radius 2 is 2.10 bits per heavy atom. The predicted octanol–water partition coefficient (Wildman–Crippen LogP) is 1.58. The molecule has 0 radical (unpaired) electrons. The zero-order valence-electron chi connectivity index (χ0n) is 13.2. The number of likely N-dealkylation sites (N-methyl/N-ethyl adjacent to an activating group) is 1. The number of hydrogen-bond donors (Lipinski definition) is 2. The van der Waals surface area contributed by atoms with Gasteiger partial charge < -0.3 is 10.2 Å². The molecule has 2 rings (SSSR count). The first-order valence-electron chi connectivity index (χ1n) is 7.34. The average molecular weight is 311 g/mol. The topological polar surface area (TPSA) is 61.4 Å². The number of aryl methyl sites for hydroxylation is 1. The van der Waals surface area contributed by atoms with Crippen molar-refractivity contribution in [3.63, 3.8) is 0 Å². The number of sulfonamides is 1. The first kappa shape index (κ1) is 16.3. The van der Waals surface area contributed by atoms with E-state index in [1.807, 2.05) is 38.9 Å². The molecule has 1 heterocycles. The molecule has 0 saturated heterocycles. The summed E-state index contributed by atoms with van der Waals surface area (Å²) in [6, 6.07) is 3.48. The number of hydrogen-bond acceptors (Lipinski definition) is 4. The summed E-state index contributed by atoms with van der Waals surface area (Å²) in [5.74, 6) is 0. The van der Waals surface area contributed by atoms with Crippen molar-refractivity contribution in [3.05, 3.63) is 23.3 Å². The molecule has 0 bridgehead atoms. The van der Waals surface area contributed by atoms with E-state index < -0.39 is 10.0 Å². The van der Waals surface area contributed by atoms with E-state index in [0.717, 1.165) is 36.2 Å². The van der Waals surface area contributed by atoms with Gasteiger partial charge in [-0.3, -0.25) is 0 Å². The third kappa shape index (κ3) is 3.75. The van der Waals surface area contributed by atoms with Gasteiger partial charge in [-0.2, -0.15) is 0 Å². The van der Waals surface area contributed by atoms with Gasteiger partial charge in [-0.25, -0.2) is 13.1 Å². The molecule has 1 atom stereocenters. The molecule has 1 aliphatic heterocycles. The number of benzene rings is 1. The van der Waals surface area contributed by atoms with E-state index in [-0.39, 0.29) is 6.04 Å². The summed E-state index contributed by atoms with van der Waals surface area (Å²) < 4.78 is 28.1. The van der Waals surface area contributed by atoms with Crippen LogP contribution in [0, 0.1) is 6.92 Å². The fourth-order valence-corrected chi connectivity index (χ4v) is 4.39. The van der Waals surface area contributed by atoms with Crippen LogP contribution >= 0.6 is 0 Å². The monoisotopic (exact) mass is 311 g/mol. The summed E-state index contributed by atoms with van der Waals surface area (Å²) in [6.45, 7) is 5.47. The standard InChI is InChI=1S/C15H25N3O2S/c1-11-7-8-14(13-6-5-9-16-15(11)13)21(19,20)17-12(2)10-18(3)4/h7-8,12,16-17H,5-6,9-10H2,1-4H3. The summed E-state index contributed by atoms with van der Waals surface area (Å²) in [7, 11) is 0.386. The van der Waals surface area contributed by atoms with Gasteiger partial charge in [0.15, 0.2) is 0 Å². The maximum absolute atomic E-state index is 12.6. The SMILES string of the molecule is Cc1ccc(S(=O)(=O)NC(C)CN(C)C)c2c1NCCC2. The van der Waals surface area contributed by atoms with Crippen molar-refractivity contribution < 1.29 is 8.42 Å². The van der Waals surface area contributed by atoms with Crippen molar-refractivity contribution in [1.82, 2.24) is 9.62 Å². The fourth-order valence-electron chi connectivity index (χ4n) is 2.88. The van der Waals surface area contributed by atoms with Crippen molar-refractivity contribution in [2.45, 2.75) is 37.6 Å². The fraction of sp³-hybridized carbons (Fsp3) is 0.600. The number of nitrogens with zero attached hydrogens (tertiary/aromatic N) is 1. The summed E-state index contributed by atoms with van der Waals surface area (Å²) in [5.41, 5.74) is 3.01. The molecule has 1 unspecified atom stereocenters. The lowest BCUT2D eigenvalue weighted by molar-refractivity contribution is 0.370. The lowest BCUT2D eigenvalue weighted by atomic mass is 10.00. The molecule has 21 heavy (non-hydrogen) atoms. The molecule has 6 heteroatoms. The Bertz CT molecular complexity index is 612. The lowest BCUT2D eigenvalue weighted by Gasteiger charge is -2.24. The molecule has 0 spiro atoms. The van der Waals surface area contributed by atoms with Crippen LogP contribution in [0.3, 0.4) is 0 Å². The Kier molecular flexibility index (Phi) is 4.91.